The fraction of sp³-hybridized carbons (Fsp3) is 0.355. The zero-order valence-electron chi connectivity index (χ0n) is 24.6. The molecular formula is C31H35ClN6O4S. The predicted octanol–water partition coefficient (Wildman–Crippen LogP) is 4.95. The lowest BCUT2D eigenvalue weighted by Gasteiger charge is -2.37. The second kappa shape index (κ2) is 11.7. The topological polar surface area (TPSA) is 118 Å². The number of hydrogen-bond acceptors (Lipinski definition) is 8. The second-order valence-electron chi connectivity index (χ2n) is 11.4. The molecule has 1 aromatic carbocycles. The van der Waals surface area contributed by atoms with E-state index in [0.29, 0.717) is 12.2 Å². The quantitative estimate of drug-likeness (QED) is 0.261. The van der Waals surface area contributed by atoms with Crippen LogP contribution in [0.15, 0.2) is 60.0 Å². The van der Waals surface area contributed by atoms with Gasteiger partial charge in [0.05, 0.1) is 29.4 Å². The van der Waals surface area contributed by atoms with Gasteiger partial charge in [-0.2, -0.15) is 0 Å². The minimum atomic E-state index is -3.96. The number of aromatic nitrogens is 3. The van der Waals surface area contributed by atoms with Gasteiger partial charge in [0.2, 0.25) is 11.8 Å². The molecule has 1 aliphatic heterocycles. The molecule has 0 radical (unpaired) electrons. The molecule has 4 heterocycles. The van der Waals surface area contributed by atoms with E-state index >= 15 is 0 Å². The van der Waals surface area contributed by atoms with Crippen molar-refractivity contribution in [2.75, 3.05) is 43.9 Å². The summed E-state index contributed by atoms with van der Waals surface area (Å²) in [6.45, 7) is 2.99. The summed E-state index contributed by atoms with van der Waals surface area (Å²) in [5.74, 6) is 0.328. The van der Waals surface area contributed by atoms with Crippen LogP contribution in [0.3, 0.4) is 0 Å². The van der Waals surface area contributed by atoms with Gasteiger partial charge in [0.1, 0.15) is 10.6 Å². The highest BCUT2D eigenvalue weighted by atomic mass is 35.5. The van der Waals surface area contributed by atoms with E-state index in [-0.39, 0.29) is 34.8 Å². The van der Waals surface area contributed by atoms with E-state index in [9.17, 15) is 13.2 Å². The molecule has 226 valence electrons. The maximum absolute atomic E-state index is 13.4. The Bertz CT molecular complexity index is 1810. The first kappa shape index (κ1) is 30.7. The standard InChI is InChI=1S/C31H34N6O4S.ClH/c1-20-13-23(18-32-16-20)42(39,40)35-26-15-22(17-34-29(26)41-12-6-11-36(2)3)21-7-8-25-24(14-21)28-27(19-33-25)37(4)30(38)31(28)9-5-10-31;/h7-8,13-19,35H,5-6,9-12H2,1-4H3;1H. The molecule has 6 rings (SSSR count). The third-order valence-corrected chi connectivity index (χ3v) is 9.52. The molecule has 1 saturated carbocycles. The van der Waals surface area contributed by atoms with Gasteiger partial charge in [-0.3, -0.25) is 19.5 Å². The van der Waals surface area contributed by atoms with Crippen LogP contribution in [-0.4, -0.2) is 68.5 Å². The van der Waals surface area contributed by atoms with Crippen LogP contribution in [0.1, 0.15) is 36.8 Å². The number of nitrogens with zero attached hydrogens (tertiary/aromatic N) is 5. The Balaban J connectivity index is 0.00000368. The number of fused-ring (bicyclic) bond motifs is 4. The van der Waals surface area contributed by atoms with Gasteiger partial charge in [-0.25, -0.2) is 13.4 Å². The van der Waals surface area contributed by atoms with Crippen molar-refractivity contribution in [2.45, 2.75) is 42.9 Å². The van der Waals surface area contributed by atoms with Crippen molar-refractivity contribution in [3.63, 3.8) is 0 Å². The summed E-state index contributed by atoms with van der Waals surface area (Å²) >= 11 is 0. The molecule has 0 atom stereocenters. The number of carbonyl (C=O) groups excluding carboxylic acids is 1. The zero-order valence-corrected chi connectivity index (χ0v) is 26.3. The molecule has 1 aliphatic carbocycles. The van der Waals surface area contributed by atoms with Crippen molar-refractivity contribution < 1.29 is 17.9 Å². The number of nitrogens with one attached hydrogen (secondary N) is 1. The van der Waals surface area contributed by atoms with Crippen molar-refractivity contribution in [2.24, 2.45) is 0 Å². The van der Waals surface area contributed by atoms with Crippen molar-refractivity contribution in [1.29, 1.82) is 0 Å². The number of aryl methyl sites for hydroxylation is 1. The SMILES string of the molecule is Cc1cncc(S(=O)(=O)Nc2cc(-c3ccc4ncc5c(c4c3)C3(CCC3)C(=O)N5C)cnc2OCCCN(C)C)c1.Cl. The Labute approximate surface area is 258 Å². The largest absolute Gasteiger partial charge is 0.476 e. The Morgan fingerprint density at radius 3 is 2.53 bits per heavy atom. The normalized spacial score (nSPS) is 15.4. The summed E-state index contributed by atoms with van der Waals surface area (Å²) in [5, 5.41) is 0.930. The molecule has 12 heteroatoms. The van der Waals surface area contributed by atoms with Crippen LogP contribution in [0.4, 0.5) is 11.4 Å². The van der Waals surface area contributed by atoms with Gasteiger partial charge >= 0.3 is 0 Å². The molecule has 4 aromatic rings. The predicted molar refractivity (Wildman–Crippen MR) is 170 cm³/mol. The van der Waals surface area contributed by atoms with Crippen LogP contribution in [0.5, 0.6) is 5.88 Å². The van der Waals surface area contributed by atoms with Crippen LogP contribution >= 0.6 is 12.4 Å². The monoisotopic (exact) mass is 622 g/mol. The van der Waals surface area contributed by atoms with E-state index in [1.807, 2.05) is 39.3 Å². The van der Waals surface area contributed by atoms with Crippen molar-refractivity contribution in [1.82, 2.24) is 19.9 Å². The highest BCUT2D eigenvalue weighted by Crippen LogP contribution is 2.55. The number of hydrogen-bond donors (Lipinski definition) is 1. The summed E-state index contributed by atoms with van der Waals surface area (Å²) in [6, 6.07) is 9.21. The zero-order chi connectivity index (χ0) is 29.6. The number of anilines is 2. The highest BCUT2D eigenvalue weighted by molar-refractivity contribution is 7.92. The minimum absolute atomic E-state index is 0. The first-order valence-electron chi connectivity index (χ1n) is 14.0. The van der Waals surface area contributed by atoms with E-state index in [1.165, 1.54) is 6.20 Å². The van der Waals surface area contributed by atoms with Gasteiger partial charge in [0.25, 0.3) is 10.0 Å². The average Bonchev–Trinajstić information content (AvgIpc) is 3.18. The molecule has 1 amide bonds. The Morgan fingerprint density at radius 2 is 1.84 bits per heavy atom. The number of benzene rings is 1. The lowest BCUT2D eigenvalue weighted by atomic mass is 9.64. The summed E-state index contributed by atoms with van der Waals surface area (Å²) in [5.41, 5.74) is 4.72. The van der Waals surface area contributed by atoms with Gasteiger partial charge in [0, 0.05) is 48.7 Å². The fourth-order valence-electron chi connectivity index (χ4n) is 5.88. The Kier molecular flexibility index (Phi) is 8.34. The Morgan fingerprint density at radius 1 is 1.05 bits per heavy atom. The Hall–Kier alpha value is -3.80. The molecule has 0 unspecified atom stereocenters. The summed E-state index contributed by atoms with van der Waals surface area (Å²) in [6.07, 6.45) is 9.81. The number of pyridine rings is 3. The van der Waals surface area contributed by atoms with Crippen LogP contribution in [-0.2, 0) is 20.2 Å². The third-order valence-electron chi connectivity index (χ3n) is 8.19. The van der Waals surface area contributed by atoms with Crippen molar-refractivity contribution in [3.05, 3.63) is 66.2 Å². The van der Waals surface area contributed by atoms with E-state index < -0.39 is 15.4 Å². The fourth-order valence-corrected chi connectivity index (χ4v) is 6.97. The molecule has 3 aromatic heterocycles. The molecule has 10 nitrogen and oxygen atoms in total. The van der Waals surface area contributed by atoms with E-state index in [2.05, 4.69) is 24.6 Å². The number of likely N-dealkylation sites (N-methyl/N-ethyl adjacent to an activating group) is 1. The van der Waals surface area contributed by atoms with Crippen LogP contribution < -0.4 is 14.4 Å². The van der Waals surface area contributed by atoms with Gasteiger partial charge in [-0.05, 0) is 75.7 Å². The smallest absolute Gasteiger partial charge is 0.263 e. The second-order valence-corrected chi connectivity index (χ2v) is 13.1. The molecule has 0 bridgehead atoms. The van der Waals surface area contributed by atoms with Crippen molar-refractivity contribution in [3.8, 4) is 17.0 Å². The summed E-state index contributed by atoms with van der Waals surface area (Å²) < 4.78 is 35.4. The molecule has 1 spiro atoms. The van der Waals surface area contributed by atoms with Gasteiger partial charge in [0.15, 0.2) is 0 Å². The maximum Gasteiger partial charge on any atom is 0.263 e. The minimum Gasteiger partial charge on any atom is -0.476 e. The summed E-state index contributed by atoms with van der Waals surface area (Å²) in [4.78, 5) is 30.3. The highest BCUT2D eigenvalue weighted by Gasteiger charge is 2.54. The number of halogens is 1. The molecule has 1 fully saturated rings. The van der Waals surface area contributed by atoms with Gasteiger partial charge in [-0.15, -0.1) is 12.4 Å². The molecule has 1 N–H and O–H groups in total. The maximum atomic E-state index is 13.4. The van der Waals surface area contributed by atoms with Crippen LogP contribution in [0.25, 0.3) is 22.0 Å². The summed E-state index contributed by atoms with van der Waals surface area (Å²) in [7, 11) is 1.82. The van der Waals surface area contributed by atoms with E-state index in [1.54, 1.807) is 42.5 Å². The third kappa shape index (κ3) is 5.52. The van der Waals surface area contributed by atoms with E-state index in [0.717, 1.165) is 65.5 Å². The lowest BCUT2D eigenvalue weighted by Crippen LogP contribution is -2.43. The number of rotatable bonds is 9. The van der Waals surface area contributed by atoms with Gasteiger partial charge in [-0.1, -0.05) is 12.5 Å². The number of ether oxygens (including phenoxy) is 1. The van der Waals surface area contributed by atoms with Gasteiger partial charge < -0.3 is 14.5 Å². The van der Waals surface area contributed by atoms with Crippen LogP contribution in [0.2, 0.25) is 0 Å². The average molecular weight is 623 g/mol. The molecule has 0 saturated heterocycles. The number of sulfonamides is 1. The first-order valence-corrected chi connectivity index (χ1v) is 15.5. The molecular weight excluding hydrogens is 588 g/mol. The first-order chi connectivity index (χ1) is 20.1. The lowest BCUT2D eigenvalue weighted by molar-refractivity contribution is -0.125. The number of amides is 1. The number of carbonyl (C=O) groups is 1. The molecule has 2 aliphatic rings. The van der Waals surface area contributed by atoms with Crippen LogP contribution in [0, 0.1) is 6.92 Å². The van der Waals surface area contributed by atoms with Crippen molar-refractivity contribution >= 4 is 50.6 Å². The molecule has 43 heavy (non-hydrogen) atoms. The van der Waals surface area contributed by atoms with E-state index in [4.69, 9.17) is 4.74 Å².